The molecule has 19 heavy (non-hydrogen) atoms. The molecule has 0 bridgehead atoms. The van der Waals surface area contributed by atoms with Crippen LogP contribution in [0.1, 0.15) is 15.9 Å². The van der Waals surface area contributed by atoms with Crippen molar-refractivity contribution in [2.24, 2.45) is 0 Å². The molecule has 4 heteroatoms. The quantitative estimate of drug-likeness (QED) is 0.545. The molecule has 94 valence electrons. The lowest BCUT2D eigenvalue weighted by molar-refractivity contribution is 0.104. The van der Waals surface area contributed by atoms with Crippen molar-refractivity contribution in [2.75, 3.05) is 5.73 Å². The minimum atomic E-state index is -0.578. The standard InChI is InChI=1S/C15H11FN2O/c16-12-7-9(5-6-13(12)17)15(19)11-8-18-14-4-2-1-3-10(11)14/h1-8,18H,17H2. The first-order chi connectivity index (χ1) is 9.16. The van der Waals surface area contributed by atoms with Crippen LogP contribution in [0.15, 0.2) is 48.7 Å². The normalized spacial score (nSPS) is 10.8. The van der Waals surface area contributed by atoms with Gasteiger partial charge in [-0.25, -0.2) is 4.39 Å². The van der Waals surface area contributed by atoms with Gasteiger partial charge in [0.05, 0.1) is 5.69 Å². The van der Waals surface area contributed by atoms with E-state index in [9.17, 15) is 9.18 Å². The van der Waals surface area contributed by atoms with Crippen molar-refractivity contribution in [2.45, 2.75) is 0 Å². The van der Waals surface area contributed by atoms with Crippen molar-refractivity contribution in [1.29, 1.82) is 0 Å². The zero-order valence-corrected chi connectivity index (χ0v) is 9.98. The van der Waals surface area contributed by atoms with Gasteiger partial charge in [0, 0.05) is 28.2 Å². The Kier molecular flexibility index (Phi) is 2.56. The maximum atomic E-state index is 13.4. The molecule has 1 aromatic heterocycles. The van der Waals surface area contributed by atoms with E-state index in [0.717, 1.165) is 10.9 Å². The van der Waals surface area contributed by atoms with Gasteiger partial charge in [0.25, 0.3) is 0 Å². The molecular weight excluding hydrogens is 243 g/mol. The molecule has 3 aromatic rings. The van der Waals surface area contributed by atoms with E-state index in [0.29, 0.717) is 5.56 Å². The van der Waals surface area contributed by atoms with Gasteiger partial charge in [0.2, 0.25) is 0 Å². The van der Waals surface area contributed by atoms with E-state index in [1.807, 2.05) is 24.3 Å². The van der Waals surface area contributed by atoms with Crippen LogP contribution in [0.2, 0.25) is 0 Å². The van der Waals surface area contributed by atoms with Crippen LogP contribution in [-0.2, 0) is 0 Å². The summed E-state index contributed by atoms with van der Waals surface area (Å²) in [5.74, 6) is -0.804. The molecule has 0 spiro atoms. The molecular formula is C15H11FN2O. The second-order valence-electron chi connectivity index (χ2n) is 4.31. The van der Waals surface area contributed by atoms with Crippen molar-refractivity contribution in [1.82, 2.24) is 4.98 Å². The number of aromatic nitrogens is 1. The van der Waals surface area contributed by atoms with E-state index in [-0.39, 0.29) is 17.0 Å². The number of halogens is 1. The molecule has 0 saturated carbocycles. The average molecular weight is 254 g/mol. The predicted octanol–water partition coefficient (Wildman–Crippen LogP) is 3.12. The van der Waals surface area contributed by atoms with Gasteiger partial charge >= 0.3 is 0 Å². The Labute approximate surface area is 108 Å². The third-order valence-corrected chi connectivity index (χ3v) is 3.10. The van der Waals surface area contributed by atoms with Crippen LogP contribution in [0.4, 0.5) is 10.1 Å². The summed E-state index contributed by atoms with van der Waals surface area (Å²) in [6.07, 6.45) is 1.64. The molecule has 3 nitrogen and oxygen atoms in total. The minimum Gasteiger partial charge on any atom is -0.396 e. The number of nitrogens with one attached hydrogen (secondary N) is 1. The van der Waals surface area contributed by atoms with E-state index in [2.05, 4.69) is 4.98 Å². The number of carbonyl (C=O) groups is 1. The number of para-hydroxylation sites is 1. The van der Waals surface area contributed by atoms with Gasteiger partial charge in [-0.3, -0.25) is 4.79 Å². The van der Waals surface area contributed by atoms with Crippen molar-refractivity contribution in [3.63, 3.8) is 0 Å². The van der Waals surface area contributed by atoms with Gasteiger partial charge in [-0.2, -0.15) is 0 Å². The topological polar surface area (TPSA) is 58.9 Å². The minimum absolute atomic E-state index is 0.0375. The number of anilines is 1. The highest BCUT2D eigenvalue weighted by atomic mass is 19.1. The fraction of sp³-hybridized carbons (Fsp3) is 0. The van der Waals surface area contributed by atoms with E-state index in [4.69, 9.17) is 5.73 Å². The predicted molar refractivity (Wildman–Crippen MR) is 72.5 cm³/mol. The highest BCUT2D eigenvalue weighted by molar-refractivity contribution is 6.16. The van der Waals surface area contributed by atoms with E-state index >= 15 is 0 Å². The second kappa shape index (κ2) is 4.24. The summed E-state index contributed by atoms with van der Waals surface area (Å²) in [7, 11) is 0. The van der Waals surface area contributed by atoms with Gasteiger partial charge in [0.1, 0.15) is 5.82 Å². The van der Waals surface area contributed by atoms with E-state index < -0.39 is 5.82 Å². The third kappa shape index (κ3) is 1.87. The van der Waals surface area contributed by atoms with Crippen LogP contribution < -0.4 is 5.73 Å². The Hall–Kier alpha value is -2.62. The molecule has 3 N–H and O–H groups in total. The Balaban J connectivity index is 2.11. The smallest absolute Gasteiger partial charge is 0.195 e. The summed E-state index contributed by atoms with van der Waals surface area (Å²) >= 11 is 0. The summed E-state index contributed by atoms with van der Waals surface area (Å²) in [6.45, 7) is 0. The number of aromatic amines is 1. The summed E-state index contributed by atoms with van der Waals surface area (Å²) in [5, 5.41) is 0.824. The number of fused-ring (bicyclic) bond motifs is 1. The maximum absolute atomic E-state index is 13.4. The first-order valence-corrected chi connectivity index (χ1v) is 5.82. The Morgan fingerprint density at radius 1 is 1.16 bits per heavy atom. The second-order valence-corrected chi connectivity index (χ2v) is 4.31. The summed E-state index contributed by atoms with van der Waals surface area (Å²) in [5.41, 5.74) is 7.14. The molecule has 0 fully saturated rings. The van der Waals surface area contributed by atoms with Gasteiger partial charge in [-0.15, -0.1) is 0 Å². The SMILES string of the molecule is Nc1ccc(C(=O)c2c[nH]c3ccccc23)cc1F. The van der Waals surface area contributed by atoms with Gasteiger partial charge in [0.15, 0.2) is 5.78 Å². The molecule has 0 aliphatic carbocycles. The van der Waals surface area contributed by atoms with Crippen LogP contribution in [0.25, 0.3) is 10.9 Å². The lowest BCUT2D eigenvalue weighted by atomic mass is 10.0. The third-order valence-electron chi connectivity index (χ3n) is 3.10. The first kappa shape index (κ1) is 11.5. The number of nitrogens with two attached hydrogens (primary N) is 1. The molecule has 2 aromatic carbocycles. The van der Waals surface area contributed by atoms with Gasteiger partial charge < -0.3 is 10.7 Å². The fourth-order valence-electron chi connectivity index (χ4n) is 2.08. The average Bonchev–Trinajstić information content (AvgIpc) is 2.85. The molecule has 1 heterocycles. The maximum Gasteiger partial charge on any atom is 0.195 e. The largest absolute Gasteiger partial charge is 0.396 e. The molecule has 0 atom stereocenters. The number of carbonyl (C=O) groups excluding carboxylic acids is 1. The number of ketones is 1. The highest BCUT2D eigenvalue weighted by Crippen LogP contribution is 2.22. The van der Waals surface area contributed by atoms with Crippen LogP contribution in [0.3, 0.4) is 0 Å². The zero-order valence-electron chi connectivity index (χ0n) is 9.98. The van der Waals surface area contributed by atoms with Crippen molar-refractivity contribution < 1.29 is 9.18 Å². The number of benzene rings is 2. The van der Waals surface area contributed by atoms with Crippen LogP contribution >= 0.6 is 0 Å². The molecule has 0 amide bonds. The number of hydrogen-bond donors (Lipinski definition) is 2. The zero-order chi connectivity index (χ0) is 13.4. The van der Waals surface area contributed by atoms with E-state index in [1.165, 1.54) is 18.2 Å². The Morgan fingerprint density at radius 3 is 2.74 bits per heavy atom. The number of H-pyrrole nitrogens is 1. The number of rotatable bonds is 2. The summed E-state index contributed by atoms with van der Waals surface area (Å²) in [6, 6.07) is 11.6. The van der Waals surface area contributed by atoms with Crippen LogP contribution in [-0.4, -0.2) is 10.8 Å². The lowest BCUT2D eigenvalue weighted by Gasteiger charge is -2.02. The van der Waals surface area contributed by atoms with Crippen molar-refractivity contribution in [3.05, 3.63) is 65.6 Å². The highest BCUT2D eigenvalue weighted by Gasteiger charge is 2.15. The van der Waals surface area contributed by atoms with Crippen LogP contribution in [0.5, 0.6) is 0 Å². The summed E-state index contributed by atoms with van der Waals surface area (Å²) in [4.78, 5) is 15.4. The van der Waals surface area contributed by atoms with E-state index in [1.54, 1.807) is 6.20 Å². The van der Waals surface area contributed by atoms with Gasteiger partial charge in [-0.05, 0) is 24.3 Å². The fourth-order valence-corrected chi connectivity index (χ4v) is 2.08. The lowest BCUT2D eigenvalue weighted by Crippen LogP contribution is -2.02. The molecule has 3 rings (SSSR count). The van der Waals surface area contributed by atoms with Crippen molar-refractivity contribution in [3.8, 4) is 0 Å². The monoisotopic (exact) mass is 254 g/mol. The Morgan fingerprint density at radius 2 is 1.95 bits per heavy atom. The molecule has 0 radical (unpaired) electrons. The van der Waals surface area contributed by atoms with Crippen LogP contribution in [0, 0.1) is 5.82 Å². The molecule has 0 saturated heterocycles. The summed E-state index contributed by atoms with van der Waals surface area (Å²) < 4.78 is 13.4. The first-order valence-electron chi connectivity index (χ1n) is 5.82. The number of nitrogen functional groups attached to an aromatic ring is 1. The molecule has 0 aliphatic rings. The molecule has 0 aliphatic heterocycles. The number of hydrogen-bond acceptors (Lipinski definition) is 2. The Bertz CT molecular complexity index is 777. The molecule has 0 unspecified atom stereocenters. The van der Waals surface area contributed by atoms with Gasteiger partial charge in [-0.1, -0.05) is 18.2 Å². The van der Waals surface area contributed by atoms with Crippen molar-refractivity contribution >= 4 is 22.4 Å².